The maximum absolute atomic E-state index is 12.5. The molecule has 0 radical (unpaired) electrons. The average molecular weight is 436 g/mol. The van der Waals surface area contributed by atoms with E-state index in [9.17, 15) is 4.79 Å². The number of amides is 1. The lowest BCUT2D eigenvalue weighted by molar-refractivity contribution is -0.121. The summed E-state index contributed by atoms with van der Waals surface area (Å²) in [6, 6.07) is 14.1. The molecule has 0 saturated carbocycles. The number of carbonyl (C=O) groups excluding carboxylic acids is 1. The molecular formula is C26H33N3O3. The molecule has 170 valence electrons. The van der Waals surface area contributed by atoms with Crippen molar-refractivity contribution in [2.24, 2.45) is 5.92 Å². The molecule has 3 aromatic rings. The maximum Gasteiger partial charge on any atom is 0.220 e. The SMILES string of the molecule is COc1ccc(CNC(=O)CCC2CCCN(Cc3c[nH]c4ccccc34)C2)c(OC)c1. The zero-order valence-electron chi connectivity index (χ0n) is 19.0. The van der Waals surface area contributed by atoms with Crippen molar-refractivity contribution < 1.29 is 14.3 Å². The minimum atomic E-state index is 0.0941. The first kappa shape index (κ1) is 22.2. The number of rotatable bonds is 9. The van der Waals surface area contributed by atoms with E-state index in [4.69, 9.17) is 9.47 Å². The van der Waals surface area contributed by atoms with Gasteiger partial charge in [-0.15, -0.1) is 0 Å². The summed E-state index contributed by atoms with van der Waals surface area (Å²) < 4.78 is 10.7. The van der Waals surface area contributed by atoms with Crippen LogP contribution in [0, 0.1) is 5.92 Å². The Morgan fingerprint density at radius 1 is 1.16 bits per heavy atom. The van der Waals surface area contributed by atoms with E-state index in [0.717, 1.165) is 43.1 Å². The summed E-state index contributed by atoms with van der Waals surface area (Å²) in [7, 11) is 3.26. The number of carbonyl (C=O) groups is 1. The second-order valence-electron chi connectivity index (χ2n) is 8.60. The fourth-order valence-electron chi connectivity index (χ4n) is 4.65. The van der Waals surface area contributed by atoms with Crippen LogP contribution in [0.1, 0.15) is 36.8 Å². The molecule has 1 aromatic heterocycles. The molecular weight excluding hydrogens is 402 g/mol. The number of ether oxygens (including phenoxy) is 2. The van der Waals surface area contributed by atoms with E-state index in [0.29, 0.717) is 18.9 Å². The van der Waals surface area contributed by atoms with E-state index in [1.54, 1.807) is 14.2 Å². The molecule has 2 heterocycles. The van der Waals surface area contributed by atoms with Crippen LogP contribution in [0.3, 0.4) is 0 Å². The standard InChI is InChI=1S/C26H33N3O3/c1-31-22-11-10-20(25(14-22)32-2)15-28-26(30)12-9-19-6-5-13-29(17-19)18-21-16-27-24-8-4-3-7-23(21)24/h3-4,7-8,10-11,14,16,19,27H,5-6,9,12-13,15,17-18H2,1-2H3,(H,28,30). The predicted octanol–water partition coefficient (Wildman–Crippen LogP) is 4.49. The number of fused-ring (bicyclic) bond motifs is 1. The summed E-state index contributed by atoms with van der Waals surface area (Å²) in [6.07, 6.45) is 6.01. The van der Waals surface area contributed by atoms with E-state index in [2.05, 4.69) is 45.7 Å². The third kappa shape index (κ3) is 5.43. The number of para-hydroxylation sites is 1. The first-order chi connectivity index (χ1) is 15.7. The number of H-pyrrole nitrogens is 1. The number of hydrogen-bond donors (Lipinski definition) is 2. The zero-order valence-corrected chi connectivity index (χ0v) is 19.0. The number of methoxy groups -OCH3 is 2. The lowest BCUT2D eigenvalue weighted by atomic mass is 9.93. The van der Waals surface area contributed by atoms with Gasteiger partial charge in [-0.05, 0) is 55.5 Å². The van der Waals surface area contributed by atoms with Crippen LogP contribution in [0.25, 0.3) is 10.9 Å². The van der Waals surface area contributed by atoms with Crippen molar-refractivity contribution in [2.45, 2.75) is 38.8 Å². The van der Waals surface area contributed by atoms with Gasteiger partial charge in [-0.25, -0.2) is 0 Å². The van der Waals surface area contributed by atoms with E-state index in [-0.39, 0.29) is 5.91 Å². The van der Waals surface area contributed by atoms with Crippen molar-refractivity contribution in [1.82, 2.24) is 15.2 Å². The van der Waals surface area contributed by atoms with Crippen molar-refractivity contribution >= 4 is 16.8 Å². The van der Waals surface area contributed by atoms with Gasteiger partial charge in [0.15, 0.2) is 0 Å². The topological polar surface area (TPSA) is 66.6 Å². The van der Waals surface area contributed by atoms with E-state index in [1.165, 1.54) is 29.3 Å². The van der Waals surface area contributed by atoms with E-state index in [1.807, 2.05) is 18.2 Å². The summed E-state index contributed by atoms with van der Waals surface area (Å²) in [5.74, 6) is 2.13. The van der Waals surface area contributed by atoms with Gasteiger partial charge in [-0.1, -0.05) is 18.2 Å². The van der Waals surface area contributed by atoms with Crippen molar-refractivity contribution in [3.8, 4) is 11.5 Å². The van der Waals surface area contributed by atoms with Crippen LogP contribution >= 0.6 is 0 Å². The summed E-state index contributed by atoms with van der Waals surface area (Å²) in [5, 5.41) is 4.35. The highest BCUT2D eigenvalue weighted by Crippen LogP contribution is 2.26. The minimum absolute atomic E-state index is 0.0941. The second kappa shape index (κ2) is 10.6. The fraction of sp³-hybridized carbons (Fsp3) is 0.423. The van der Waals surface area contributed by atoms with Crippen molar-refractivity contribution in [3.63, 3.8) is 0 Å². The molecule has 0 spiro atoms. The number of likely N-dealkylation sites (tertiary alicyclic amines) is 1. The molecule has 1 unspecified atom stereocenters. The molecule has 6 heteroatoms. The first-order valence-electron chi connectivity index (χ1n) is 11.4. The normalized spacial score (nSPS) is 16.8. The van der Waals surface area contributed by atoms with Gasteiger partial charge in [-0.3, -0.25) is 9.69 Å². The first-order valence-corrected chi connectivity index (χ1v) is 11.4. The van der Waals surface area contributed by atoms with Crippen molar-refractivity contribution in [3.05, 3.63) is 59.8 Å². The summed E-state index contributed by atoms with van der Waals surface area (Å²) >= 11 is 0. The van der Waals surface area contributed by atoms with E-state index < -0.39 is 0 Å². The number of aromatic amines is 1. The van der Waals surface area contributed by atoms with Crippen LogP contribution in [0.15, 0.2) is 48.7 Å². The van der Waals surface area contributed by atoms with Crippen molar-refractivity contribution in [1.29, 1.82) is 0 Å². The van der Waals surface area contributed by atoms with Gasteiger partial charge < -0.3 is 19.8 Å². The van der Waals surface area contributed by atoms with Gasteiger partial charge in [0.1, 0.15) is 11.5 Å². The third-order valence-electron chi connectivity index (χ3n) is 6.42. The quantitative estimate of drug-likeness (QED) is 0.520. The number of nitrogens with zero attached hydrogens (tertiary/aromatic N) is 1. The summed E-state index contributed by atoms with van der Waals surface area (Å²) in [5.41, 5.74) is 3.50. The Hall–Kier alpha value is -2.99. The Kier molecular flexibility index (Phi) is 7.32. The van der Waals surface area contributed by atoms with Gasteiger partial charge in [0.05, 0.1) is 14.2 Å². The summed E-state index contributed by atoms with van der Waals surface area (Å²) in [6.45, 7) is 3.60. The Balaban J connectivity index is 1.24. The molecule has 0 aliphatic carbocycles. The number of benzene rings is 2. The lowest BCUT2D eigenvalue weighted by Crippen LogP contribution is -2.35. The highest BCUT2D eigenvalue weighted by Gasteiger charge is 2.21. The molecule has 4 rings (SSSR count). The molecule has 32 heavy (non-hydrogen) atoms. The minimum Gasteiger partial charge on any atom is -0.497 e. The Bertz CT molecular complexity index is 1050. The average Bonchev–Trinajstić information content (AvgIpc) is 3.24. The molecule has 1 aliphatic rings. The van der Waals surface area contributed by atoms with Crippen LogP contribution in [-0.2, 0) is 17.9 Å². The predicted molar refractivity (Wildman–Crippen MR) is 127 cm³/mol. The molecule has 2 aromatic carbocycles. The molecule has 6 nitrogen and oxygen atoms in total. The second-order valence-corrected chi connectivity index (χ2v) is 8.60. The van der Waals surface area contributed by atoms with Gasteiger partial charge >= 0.3 is 0 Å². The number of nitrogens with one attached hydrogen (secondary N) is 2. The molecule has 1 aliphatic heterocycles. The Morgan fingerprint density at radius 3 is 2.88 bits per heavy atom. The number of hydrogen-bond acceptors (Lipinski definition) is 4. The fourth-order valence-corrected chi connectivity index (χ4v) is 4.65. The maximum atomic E-state index is 12.5. The van der Waals surface area contributed by atoms with Crippen LogP contribution in [-0.4, -0.2) is 43.1 Å². The van der Waals surface area contributed by atoms with Crippen LogP contribution < -0.4 is 14.8 Å². The zero-order chi connectivity index (χ0) is 22.3. The highest BCUT2D eigenvalue weighted by atomic mass is 16.5. The highest BCUT2D eigenvalue weighted by molar-refractivity contribution is 5.83. The van der Waals surface area contributed by atoms with Gasteiger partial charge in [-0.2, -0.15) is 0 Å². The van der Waals surface area contributed by atoms with Crippen LogP contribution in [0.2, 0.25) is 0 Å². The summed E-state index contributed by atoms with van der Waals surface area (Å²) in [4.78, 5) is 18.4. The van der Waals surface area contributed by atoms with Gasteiger partial charge in [0, 0.05) is 54.8 Å². The number of piperidine rings is 1. The molecule has 1 fully saturated rings. The number of aromatic nitrogens is 1. The molecule has 0 bridgehead atoms. The molecule has 1 atom stereocenters. The van der Waals surface area contributed by atoms with Crippen LogP contribution in [0.5, 0.6) is 11.5 Å². The van der Waals surface area contributed by atoms with Gasteiger partial charge in [0.25, 0.3) is 0 Å². The van der Waals surface area contributed by atoms with Crippen molar-refractivity contribution in [2.75, 3.05) is 27.3 Å². The Morgan fingerprint density at radius 2 is 2.03 bits per heavy atom. The van der Waals surface area contributed by atoms with Crippen LogP contribution in [0.4, 0.5) is 0 Å². The smallest absolute Gasteiger partial charge is 0.220 e. The molecule has 1 saturated heterocycles. The lowest BCUT2D eigenvalue weighted by Gasteiger charge is -2.32. The third-order valence-corrected chi connectivity index (χ3v) is 6.42. The van der Waals surface area contributed by atoms with E-state index >= 15 is 0 Å². The molecule has 1 amide bonds. The monoisotopic (exact) mass is 435 g/mol. The largest absolute Gasteiger partial charge is 0.497 e. The van der Waals surface area contributed by atoms with Gasteiger partial charge in [0.2, 0.25) is 5.91 Å². The Labute approximate surface area is 189 Å². The molecule has 2 N–H and O–H groups in total.